The van der Waals surface area contributed by atoms with Crippen LogP contribution in [0.15, 0.2) is 91.0 Å². The van der Waals surface area contributed by atoms with Crippen molar-refractivity contribution in [1.29, 1.82) is 0 Å². The standard InChI is InChI=1S/C23H27NO3Si/c1-2-24-19-12-20-28(25-21-13-6-3-7-14-21,26-22-15-8-4-9-16-22)27-23-17-10-5-11-18-23/h3-11,13-18,24H,2,12,19-20H2,1H3. The number of hydrogen-bond donors (Lipinski definition) is 1. The molecule has 0 aromatic heterocycles. The fourth-order valence-corrected chi connectivity index (χ4v) is 5.35. The van der Waals surface area contributed by atoms with Gasteiger partial charge in [0.2, 0.25) is 0 Å². The highest BCUT2D eigenvalue weighted by Crippen LogP contribution is 2.27. The van der Waals surface area contributed by atoms with E-state index in [2.05, 4.69) is 12.2 Å². The predicted molar refractivity (Wildman–Crippen MR) is 115 cm³/mol. The van der Waals surface area contributed by atoms with Gasteiger partial charge in [-0.1, -0.05) is 61.5 Å². The van der Waals surface area contributed by atoms with Crippen LogP contribution in [0, 0.1) is 0 Å². The molecular weight excluding hydrogens is 366 g/mol. The van der Waals surface area contributed by atoms with Crippen molar-refractivity contribution in [2.24, 2.45) is 0 Å². The second-order valence-corrected chi connectivity index (χ2v) is 8.86. The van der Waals surface area contributed by atoms with Crippen LogP contribution < -0.4 is 18.6 Å². The highest BCUT2D eigenvalue weighted by molar-refractivity contribution is 6.63. The Kier molecular flexibility index (Phi) is 7.52. The second kappa shape index (κ2) is 10.5. The van der Waals surface area contributed by atoms with Crippen LogP contribution >= 0.6 is 0 Å². The summed E-state index contributed by atoms with van der Waals surface area (Å²) in [6.07, 6.45) is 0.895. The molecule has 0 bridgehead atoms. The zero-order chi connectivity index (χ0) is 19.5. The summed E-state index contributed by atoms with van der Waals surface area (Å²) >= 11 is 0. The summed E-state index contributed by atoms with van der Waals surface area (Å²) in [7, 11) is -3.11. The van der Waals surface area contributed by atoms with Gasteiger partial charge in [0.1, 0.15) is 17.2 Å². The molecule has 1 N–H and O–H groups in total. The molecule has 0 fully saturated rings. The third-order valence-electron chi connectivity index (χ3n) is 4.14. The maximum atomic E-state index is 6.46. The summed E-state index contributed by atoms with van der Waals surface area (Å²) in [6, 6.07) is 30.0. The first-order valence-electron chi connectivity index (χ1n) is 9.72. The lowest BCUT2D eigenvalue weighted by Crippen LogP contribution is -2.55. The Bertz CT molecular complexity index is 698. The van der Waals surface area contributed by atoms with E-state index < -0.39 is 8.80 Å². The maximum Gasteiger partial charge on any atom is 0.699 e. The van der Waals surface area contributed by atoms with E-state index in [0.717, 1.165) is 36.8 Å². The van der Waals surface area contributed by atoms with Gasteiger partial charge < -0.3 is 18.6 Å². The van der Waals surface area contributed by atoms with Gasteiger partial charge in [-0.15, -0.1) is 0 Å². The first kappa shape index (κ1) is 20.0. The predicted octanol–water partition coefficient (Wildman–Crippen LogP) is 5.16. The first-order valence-corrected chi connectivity index (χ1v) is 11.7. The Hall–Kier alpha value is -2.76. The van der Waals surface area contributed by atoms with Crippen molar-refractivity contribution >= 4 is 8.80 Å². The van der Waals surface area contributed by atoms with Crippen LogP contribution in [0.3, 0.4) is 0 Å². The molecule has 0 radical (unpaired) electrons. The van der Waals surface area contributed by atoms with Crippen LogP contribution in [0.25, 0.3) is 0 Å². The van der Waals surface area contributed by atoms with Crippen molar-refractivity contribution in [3.05, 3.63) is 91.0 Å². The zero-order valence-corrected chi connectivity index (χ0v) is 17.2. The van der Waals surface area contributed by atoms with Gasteiger partial charge in [-0.05, 0) is 55.9 Å². The van der Waals surface area contributed by atoms with Gasteiger partial charge in [0.05, 0.1) is 6.04 Å². The molecule has 0 aliphatic heterocycles. The van der Waals surface area contributed by atoms with Gasteiger partial charge in [0.15, 0.2) is 0 Å². The van der Waals surface area contributed by atoms with E-state index >= 15 is 0 Å². The average Bonchev–Trinajstić information content (AvgIpc) is 2.73. The molecule has 0 aliphatic carbocycles. The minimum Gasteiger partial charge on any atom is -0.483 e. The van der Waals surface area contributed by atoms with Crippen molar-refractivity contribution in [2.75, 3.05) is 13.1 Å². The van der Waals surface area contributed by atoms with Gasteiger partial charge >= 0.3 is 8.80 Å². The van der Waals surface area contributed by atoms with Crippen LogP contribution in [0.2, 0.25) is 6.04 Å². The smallest absolute Gasteiger partial charge is 0.483 e. The van der Waals surface area contributed by atoms with Crippen molar-refractivity contribution in [1.82, 2.24) is 5.32 Å². The normalized spacial score (nSPS) is 11.0. The lowest BCUT2D eigenvalue weighted by Gasteiger charge is -2.30. The summed E-state index contributed by atoms with van der Waals surface area (Å²) in [5.41, 5.74) is 0. The minimum atomic E-state index is -3.11. The molecule has 28 heavy (non-hydrogen) atoms. The van der Waals surface area contributed by atoms with Crippen molar-refractivity contribution < 1.29 is 13.3 Å². The summed E-state index contributed by atoms with van der Waals surface area (Å²) in [5, 5.41) is 3.37. The Morgan fingerprint density at radius 3 is 1.39 bits per heavy atom. The molecule has 3 rings (SSSR count). The Morgan fingerprint density at radius 2 is 1.04 bits per heavy atom. The Labute approximate surface area is 168 Å². The number of para-hydroxylation sites is 3. The summed E-state index contributed by atoms with van der Waals surface area (Å²) in [4.78, 5) is 0. The molecule has 0 heterocycles. The average molecular weight is 394 g/mol. The van der Waals surface area contributed by atoms with E-state index in [1.165, 1.54) is 0 Å². The molecular formula is C23H27NO3Si. The quantitative estimate of drug-likeness (QED) is 0.361. The van der Waals surface area contributed by atoms with Gasteiger partial charge in [-0.2, -0.15) is 0 Å². The van der Waals surface area contributed by atoms with Crippen molar-refractivity contribution in [3.8, 4) is 17.2 Å². The molecule has 146 valence electrons. The van der Waals surface area contributed by atoms with E-state index in [1.54, 1.807) is 0 Å². The molecule has 4 nitrogen and oxygen atoms in total. The van der Waals surface area contributed by atoms with Crippen LogP contribution in [0.4, 0.5) is 0 Å². The SMILES string of the molecule is CCNCCC[Si](Oc1ccccc1)(Oc1ccccc1)Oc1ccccc1. The fourth-order valence-electron chi connectivity index (χ4n) is 2.83. The lowest BCUT2D eigenvalue weighted by molar-refractivity contribution is 0.259. The lowest BCUT2D eigenvalue weighted by atomic mass is 10.3. The van der Waals surface area contributed by atoms with Gasteiger partial charge in [-0.25, -0.2) is 0 Å². The Morgan fingerprint density at radius 1 is 0.643 bits per heavy atom. The van der Waals surface area contributed by atoms with Crippen molar-refractivity contribution in [2.45, 2.75) is 19.4 Å². The molecule has 0 saturated heterocycles. The monoisotopic (exact) mass is 393 g/mol. The van der Waals surface area contributed by atoms with E-state index in [1.807, 2.05) is 91.0 Å². The number of hydrogen-bond acceptors (Lipinski definition) is 4. The van der Waals surface area contributed by atoms with Crippen LogP contribution in [-0.4, -0.2) is 21.9 Å². The molecule has 5 heteroatoms. The topological polar surface area (TPSA) is 39.7 Å². The van der Waals surface area contributed by atoms with Gasteiger partial charge in [0, 0.05) is 0 Å². The molecule has 3 aromatic carbocycles. The zero-order valence-electron chi connectivity index (χ0n) is 16.2. The first-order chi connectivity index (χ1) is 13.8. The molecule has 3 aromatic rings. The Balaban J connectivity index is 1.90. The van der Waals surface area contributed by atoms with Crippen LogP contribution in [-0.2, 0) is 0 Å². The van der Waals surface area contributed by atoms with Crippen LogP contribution in [0.1, 0.15) is 13.3 Å². The third-order valence-corrected chi connectivity index (χ3v) is 6.74. The van der Waals surface area contributed by atoms with Crippen molar-refractivity contribution in [3.63, 3.8) is 0 Å². The molecule has 0 amide bonds. The number of nitrogens with one attached hydrogen (secondary N) is 1. The van der Waals surface area contributed by atoms with E-state index in [-0.39, 0.29) is 0 Å². The highest BCUT2D eigenvalue weighted by Gasteiger charge is 2.48. The largest absolute Gasteiger partial charge is 0.699 e. The molecule has 0 spiro atoms. The van der Waals surface area contributed by atoms with Gasteiger partial charge in [-0.3, -0.25) is 0 Å². The van der Waals surface area contributed by atoms with Gasteiger partial charge in [0.25, 0.3) is 0 Å². The number of benzene rings is 3. The third kappa shape index (κ3) is 6.15. The second-order valence-electron chi connectivity index (χ2n) is 6.39. The summed E-state index contributed by atoms with van der Waals surface area (Å²) < 4.78 is 19.4. The van der Waals surface area contributed by atoms with Crippen LogP contribution in [0.5, 0.6) is 17.2 Å². The highest BCUT2D eigenvalue weighted by atomic mass is 28.4. The summed E-state index contributed by atoms with van der Waals surface area (Å²) in [6.45, 7) is 3.93. The molecule has 0 saturated carbocycles. The van der Waals surface area contributed by atoms with E-state index in [9.17, 15) is 0 Å². The fraction of sp³-hybridized carbons (Fsp3) is 0.217. The minimum absolute atomic E-state index is 0.693. The summed E-state index contributed by atoms with van der Waals surface area (Å²) in [5.74, 6) is 2.26. The molecule has 0 unspecified atom stereocenters. The molecule has 0 atom stereocenters. The van der Waals surface area contributed by atoms with E-state index in [0.29, 0.717) is 6.04 Å². The van der Waals surface area contributed by atoms with E-state index in [4.69, 9.17) is 13.3 Å². The maximum absolute atomic E-state index is 6.46. The number of rotatable bonds is 11. The molecule has 0 aliphatic rings.